The average Bonchev–Trinajstić information content (AvgIpc) is 2.96. The average molecular weight is 359 g/mol. The molecule has 0 unspecified atom stereocenters. The highest BCUT2D eigenvalue weighted by Gasteiger charge is 2.11. The Morgan fingerprint density at radius 1 is 1.28 bits per heavy atom. The van der Waals surface area contributed by atoms with Crippen molar-refractivity contribution in [3.05, 3.63) is 42.7 Å². The number of anilines is 2. The molecule has 1 aromatic carbocycles. The number of amides is 1. The number of aromatic nitrogens is 3. The molecule has 7 heteroatoms. The van der Waals surface area contributed by atoms with Crippen molar-refractivity contribution in [2.24, 2.45) is 0 Å². The third-order valence-corrected chi connectivity index (χ3v) is 4.79. The summed E-state index contributed by atoms with van der Waals surface area (Å²) < 4.78 is 1.93. The first-order chi connectivity index (χ1) is 12.1. The van der Waals surface area contributed by atoms with E-state index in [4.69, 9.17) is 0 Å². The van der Waals surface area contributed by atoms with Crippen LogP contribution >= 0.6 is 11.8 Å². The number of thioether (sulfide) groups is 1. The SMILES string of the molecule is C=CCn1c(C)nnc1SCC(=O)Nc1ccc(N(CC)CC)cc1. The summed E-state index contributed by atoms with van der Waals surface area (Å²) in [4.78, 5) is 14.4. The van der Waals surface area contributed by atoms with Gasteiger partial charge < -0.3 is 14.8 Å². The molecule has 0 saturated carbocycles. The summed E-state index contributed by atoms with van der Waals surface area (Å²) in [7, 11) is 0. The van der Waals surface area contributed by atoms with Gasteiger partial charge in [-0.05, 0) is 45.0 Å². The first-order valence-electron chi connectivity index (χ1n) is 8.37. The number of benzene rings is 1. The molecule has 0 radical (unpaired) electrons. The molecular weight excluding hydrogens is 334 g/mol. The quantitative estimate of drug-likeness (QED) is 0.549. The van der Waals surface area contributed by atoms with Gasteiger partial charge in [0.05, 0.1) is 5.75 Å². The van der Waals surface area contributed by atoms with Crippen molar-refractivity contribution in [3.8, 4) is 0 Å². The van der Waals surface area contributed by atoms with Crippen LogP contribution in [-0.4, -0.2) is 39.5 Å². The molecule has 1 aromatic heterocycles. The van der Waals surface area contributed by atoms with Gasteiger partial charge >= 0.3 is 0 Å². The summed E-state index contributed by atoms with van der Waals surface area (Å²) in [5, 5.41) is 11.8. The van der Waals surface area contributed by atoms with Crippen LogP contribution in [0.2, 0.25) is 0 Å². The number of carbonyl (C=O) groups excluding carboxylic acids is 1. The number of aryl methyl sites for hydroxylation is 1. The molecule has 2 rings (SSSR count). The van der Waals surface area contributed by atoms with Crippen molar-refractivity contribution in [1.82, 2.24) is 14.8 Å². The number of nitrogens with one attached hydrogen (secondary N) is 1. The predicted molar refractivity (Wildman–Crippen MR) is 104 cm³/mol. The van der Waals surface area contributed by atoms with Crippen LogP contribution in [0.5, 0.6) is 0 Å². The van der Waals surface area contributed by atoms with Crippen molar-refractivity contribution in [2.75, 3.05) is 29.1 Å². The minimum Gasteiger partial charge on any atom is -0.372 e. The standard InChI is InChI=1S/C18H25N5OS/c1-5-12-23-14(4)20-21-18(23)25-13-17(24)19-15-8-10-16(11-9-15)22(6-2)7-3/h5,8-11H,1,6-7,12-13H2,2-4H3,(H,19,24). The van der Waals surface area contributed by atoms with Gasteiger partial charge in [-0.15, -0.1) is 16.8 Å². The van der Waals surface area contributed by atoms with Crippen molar-refractivity contribution in [1.29, 1.82) is 0 Å². The van der Waals surface area contributed by atoms with E-state index in [0.717, 1.165) is 35.4 Å². The summed E-state index contributed by atoms with van der Waals surface area (Å²) in [6.45, 7) is 12.4. The summed E-state index contributed by atoms with van der Waals surface area (Å²) in [6, 6.07) is 7.92. The minimum absolute atomic E-state index is 0.0635. The Hall–Kier alpha value is -2.28. The van der Waals surface area contributed by atoms with Gasteiger partial charge in [-0.3, -0.25) is 4.79 Å². The molecule has 0 aliphatic carbocycles. The summed E-state index contributed by atoms with van der Waals surface area (Å²) in [6.07, 6.45) is 1.79. The van der Waals surface area contributed by atoms with E-state index in [0.29, 0.717) is 6.54 Å². The van der Waals surface area contributed by atoms with Gasteiger partial charge in [0.15, 0.2) is 5.16 Å². The predicted octanol–water partition coefficient (Wildman–Crippen LogP) is 3.35. The summed E-state index contributed by atoms with van der Waals surface area (Å²) in [5.74, 6) is 1.04. The second-order valence-electron chi connectivity index (χ2n) is 5.49. The molecule has 134 valence electrons. The minimum atomic E-state index is -0.0635. The molecule has 1 heterocycles. The maximum absolute atomic E-state index is 12.2. The molecule has 2 aromatic rings. The highest BCUT2D eigenvalue weighted by Crippen LogP contribution is 2.20. The Balaban J connectivity index is 1.91. The van der Waals surface area contributed by atoms with E-state index < -0.39 is 0 Å². The zero-order valence-electron chi connectivity index (χ0n) is 15.0. The van der Waals surface area contributed by atoms with Crippen LogP contribution in [0.1, 0.15) is 19.7 Å². The van der Waals surface area contributed by atoms with Crippen LogP contribution in [-0.2, 0) is 11.3 Å². The topological polar surface area (TPSA) is 63.1 Å². The van der Waals surface area contributed by atoms with E-state index in [9.17, 15) is 4.79 Å². The number of nitrogens with zero attached hydrogens (tertiary/aromatic N) is 4. The monoisotopic (exact) mass is 359 g/mol. The Morgan fingerprint density at radius 2 is 1.96 bits per heavy atom. The molecule has 0 aliphatic heterocycles. The van der Waals surface area contributed by atoms with Crippen LogP contribution < -0.4 is 10.2 Å². The third kappa shape index (κ3) is 5.09. The van der Waals surface area contributed by atoms with Crippen LogP contribution in [0.25, 0.3) is 0 Å². The first kappa shape index (κ1) is 19.1. The molecule has 0 saturated heterocycles. The summed E-state index contributed by atoms with van der Waals surface area (Å²) in [5.41, 5.74) is 1.95. The zero-order valence-corrected chi connectivity index (χ0v) is 15.8. The number of hydrogen-bond donors (Lipinski definition) is 1. The fourth-order valence-corrected chi connectivity index (χ4v) is 3.27. The molecule has 25 heavy (non-hydrogen) atoms. The third-order valence-electron chi connectivity index (χ3n) is 3.83. The van der Waals surface area contributed by atoms with Crippen molar-refractivity contribution in [3.63, 3.8) is 0 Å². The van der Waals surface area contributed by atoms with Gasteiger partial charge in [-0.1, -0.05) is 17.8 Å². The lowest BCUT2D eigenvalue weighted by Gasteiger charge is -2.21. The number of rotatable bonds is 9. The van der Waals surface area contributed by atoms with Gasteiger partial charge in [-0.2, -0.15) is 0 Å². The molecule has 0 atom stereocenters. The lowest BCUT2D eigenvalue weighted by molar-refractivity contribution is -0.113. The Bertz CT molecular complexity index is 707. The molecule has 0 aliphatic rings. The maximum atomic E-state index is 12.2. The maximum Gasteiger partial charge on any atom is 0.234 e. The molecule has 1 N–H and O–H groups in total. The first-order valence-corrected chi connectivity index (χ1v) is 9.35. The van der Waals surface area contributed by atoms with Gasteiger partial charge in [0, 0.05) is 31.0 Å². The van der Waals surface area contributed by atoms with Crippen molar-refractivity contribution in [2.45, 2.75) is 32.5 Å². The molecular formula is C18H25N5OS. The largest absolute Gasteiger partial charge is 0.372 e. The summed E-state index contributed by atoms with van der Waals surface area (Å²) >= 11 is 1.37. The molecule has 6 nitrogen and oxygen atoms in total. The highest BCUT2D eigenvalue weighted by atomic mass is 32.2. The second-order valence-corrected chi connectivity index (χ2v) is 6.43. The second kappa shape index (κ2) is 9.27. The van der Waals surface area contributed by atoms with Crippen LogP contribution in [0.4, 0.5) is 11.4 Å². The van der Waals surface area contributed by atoms with Crippen molar-refractivity contribution >= 4 is 29.0 Å². The highest BCUT2D eigenvalue weighted by molar-refractivity contribution is 7.99. The molecule has 0 spiro atoms. The zero-order chi connectivity index (χ0) is 18.2. The van der Waals surface area contributed by atoms with E-state index in [1.165, 1.54) is 11.8 Å². The Kier molecular flexibility index (Phi) is 7.06. The smallest absolute Gasteiger partial charge is 0.234 e. The van der Waals surface area contributed by atoms with Crippen LogP contribution in [0.3, 0.4) is 0 Å². The van der Waals surface area contributed by atoms with Crippen LogP contribution in [0, 0.1) is 6.92 Å². The normalized spacial score (nSPS) is 10.5. The lowest BCUT2D eigenvalue weighted by atomic mass is 10.2. The number of hydrogen-bond acceptors (Lipinski definition) is 5. The van der Waals surface area contributed by atoms with E-state index in [-0.39, 0.29) is 11.7 Å². The molecule has 0 fully saturated rings. The van der Waals surface area contributed by atoms with E-state index >= 15 is 0 Å². The van der Waals surface area contributed by atoms with E-state index in [2.05, 4.69) is 40.8 Å². The van der Waals surface area contributed by atoms with Gasteiger partial charge in [0.1, 0.15) is 5.82 Å². The fourth-order valence-electron chi connectivity index (χ4n) is 2.48. The Labute approximate surface area is 153 Å². The molecule has 1 amide bonds. The fraction of sp³-hybridized carbons (Fsp3) is 0.389. The van der Waals surface area contributed by atoms with E-state index in [1.807, 2.05) is 35.8 Å². The van der Waals surface area contributed by atoms with Gasteiger partial charge in [0.25, 0.3) is 0 Å². The molecule has 0 bridgehead atoms. The van der Waals surface area contributed by atoms with Gasteiger partial charge in [-0.25, -0.2) is 0 Å². The lowest BCUT2D eigenvalue weighted by Crippen LogP contribution is -2.21. The Morgan fingerprint density at radius 3 is 2.56 bits per heavy atom. The number of carbonyl (C=O) groups is 1. The van der Waals surface area contributed by atoms with Crippen LogP contribution in [0.15, 0.2) is 42.1 Å². The van der Waals surface area contributed by atoms with E-state index in [1.54, 1.807) is 6.08 Å². The van der Waals surface area contributed by atoms with Crippen molar-refractivity contribution < 1.29 is 4.79 Å². The number of allylic oxidation sites excluding steroid dienone is 1. The van der Waals surface area contributed by atoms with Gasteiger partial charge in [0.2, 0.25) is 5.91 Å².